The van der Waals surface area contributed by atoms with Crippen molar-refractivity contribution >= 4 is 18.0 Å². The minimum absolute atomic E-state index is 0.338. The minimum Gasteiger partial charge on any atom is -0.490 e. The molecule has 2 aromatic carbocycles. The number of nitrogens with one attached hydrogen (secondary N) is 2. The van der Waals surface area contributed by atoms with Crippen LogP contribution in [0.15, 0.2) is 60.7 Å². The van der Waals surface area contributed by atoms with Crippen molar-refractivity contribution in [3.8, 4) is 11.5 Å². The van der Waals surface area contributed by atoms with Crippen LogP contribution in [0.25, 0.3) is 6.08 Å². The molecule has 1 fully saturated rings. The number of carbonyl (C=O) groups is 2. The van der Waals surface area contributed by atoms with Gasteiger partial charge in [0.2, 0.25) is 0 Å². The Labute approximate surface area is 166 Å². The number of benzene rings is 2. The van der Waals surface area contributed by atoms with Gasteiger partial charge in [-0.25, -0.2) is 4.79 Å². The van der Waals surface area contributed by atoms with Gasteiger partial charge in [-0.3, -0.25) is 20.2 Å². The summed E-state index contributed by atoms with van der Waals surface area (Å²) in [7, 11) is 0. The summed E-state index contributed by atoms with van der Waals surface area (Å²) in [6.45, 7) is 0.710. The van der Waals surface area contributed by atoms with Gasteiger partial charge in [-0.05, 0) is 29.8 Å². The smallest absolute Gasteiger partial charge is 0.322 e. The van der Waals surface area contributed by atoms with E-state index < -0.39 is 28.9 Å². The Bertz CT molecular complexity index is 915. The molecule has 0 saturated carbocycles. The molecule has 0 bridgehead atoms. The van der Waals surface area contributed by atoms with Crippen LogP contribution in [0.4, 0.5) is 4.79 Å². The van der Waals surface area contributed by atoms with Crippen molar-refractivity contribution in [3.05, 3.63) is 76.4 Å². The fourth-order valence-electron chi connectivity index (χ4n) is 2.75. The van der Waals surface area contributed by atoms with Gasteiger partial charge in [0.05, 0.1) is 0 Å². The van der Waals surface area contributed by atoms with E-state index in [0.29, 0.717) is 24.5 Å². The number of ether oxygens (including phenoxy) is 2. The number of hydrogen-bond donors (Lipinski definition) is 2. The van der Waals surface area contributed by atoms with Crippen LogP contribution < -0.4 is 20.1 Å². The van der Waals surface area contributed by atoms with Crippen molar-refractivity contribution in [2.24, 2.45) is 0 Å². The normalized spacial score (nSPS) is 18.8. The van der Waals surface area contributed by atoms with Gasteiger partial charge in [0.1, 0.15) is 30.8 Å². The van der Waals surface area contributed by atoms with E-state index in [1.807, 2.05) is 35.6 Å². The van der Waals surface area contributed by atoms with Gasteiger partial charge in [0.15, 0.2) is 0 Å². The second-order valence-corrected chi connectivity index (χ2v) is 6.16. The summed E-state index contributed by atoms with van der Waals surface area (Å²) in [5.74, 6) is 0.413. The molecule has 9 nitrogen and oxygen atoms in total. The van der Waals surface area contributed by atoms with E-state index in [1.54, 1.807) is 30.3 Å². The van der Waals surface area contributed by atoms with Crippen molar-refractivity contribution in [1.82, 2.24) is 10.6 Å². The predicted octanol–water partition coefficient (Wildman–Crippen LogP) is 2.01. The third kappa shape index (κ3) is 5.55. The monoisotopic (exact) mass is 397 g/mol. The first-order valence-corrected chi connectivity index (χ1v) is 8.87. The van der Waals surface area contributed by atoms with Gasteiger partial charge in [-0.1, -0.05) is 42.5 Å². The SMILES string of the molecule is O=C1NC(=O)C([N+](=O)[O-])C(/C=C/c2cccc(OCCOc3ccccc3)c2)N1. The molecule has 2 N–H and O–H groups in total. The fraction of sp³-hybridized carbons (Fsp3) is 0.200. The summed E-state index contributed by atoms with van der Waals surface area (Å²) >= 11 is 0. The summed E-state index contributed by atoms with van der Waals surface area (Å²) in [6.07, 6.45) is 3.01. The second kappa shape index (κ2) is 9.36. The number of para-hydroxylation sites is 1. The zero-order valence-electron chi connectivity index (χ0n) is 15.3. The Morgan fingerprint density at radius 2 is 1.69 bits per heavy atom. The highest BCUT2D eigenvalue weighted by Gasteiger charge is 2.43. The maximum atomic E-state index is 11.7. The summed E-state index contributed by atoms with van der Waals surface area (Å²) < 4.78 is 11.2. The Morgan fingerprint density at radius 3 is 2.41 bits per heavy atom. The van der Waals surface area contributed by atoms with Crippen molar-refractivity contribution in [3.63, 3.8) is 0 Å². The molecule has 150 valence electrons. The number of imide groups is 1. The van der Waals surface area contributed by atoms with E-state index in [-0.39, 0.29) is 0 Å². The molecule has 1 saturated heterocycles. The molecule has 1 aliphatic rings. The molecule has 9 heteroatoms. The third-order valence-corrected chi connectivity index (χ3v) is 4.09. The first kappa shape index (κ1) is 19.9. The quantitative estimate of drug-likeness (QED) is 0.399. The zero-order valence-corrected chi connectivity index (χ0v) is 15.3. The lowest BCUT2D eigenvalue weighted by molar-refractivity contribution is -0.510. The van der Waals surface area contributed by atoms with Crippen LogP contribution in [0, 0.1) is 10.1 Å². The topological polar surface area (TPSA) is 120 Å². The minimum atomic E-state index is -1.58. The van der Waals surface area contributed by atoms with E-state index in [2.05, 4.69) is 5.32 Å². The fourth-order valence-corrected chi connectivity index (χ4v) is 2.75. The van der Waals surface area contributed by atoms with Gasteiger partial charge in [0.25, 0.3) is 0 Å². The molecule has 1 aliphatic heterocycles. The number of rotatable bonds is 8. The maximum absolute atomic E-state index is 11.7. The summed E-state index contributed by atoms with van der Waals surface area (Å²) in [5.41, 5.74) is 0.703. The molecule has 29 heavy (non-hydrogen) atoms. The highest BCUT2D eigenvalue weighted by Crippen LogP contribution is 2.16. The van der Waals surface area contributed by atoms with E-state index in [1.165, 1.54) is 6.08 Å². The lowest BCUT2D eigenvalue weighted by atomic mass is 10.0. The van der Waals surface area contributed by atoms with Crippen LogP contribution in [0.2, 0.25) is 0 Å². The Kier molecular flexibility index (Phi) is 6.41. The molecule has 0 aromatic heterocycles. The third-order valence-electron chi connectivity index (χ3n) is 4.09. The average Bonchev–Trinajstić information content (AvgIpc) is 2.70. The predicted molar refractivity (Wildman–Crippen MR) is 104 cm³/mol. The van der Waals surface area contributed by atoms with E-state index in [4.69, 9.17) is 9.47 Å². The van der Waals surface area contributed by atoms with Crippen molar-refractivity contribution in [2.75, 3.05) is 13.2 Å². The molecular formula is C20H19N3O6. The van der Waals surface area contributed by atoms with Crippen LogP contribution in [0.5, 0.6) is 11.5 Å². The molecule has 2 aromatic rings. The zero-order chi connectivity index (χ0) is 20.6. The molecule has 0 spiro atoms. The molecular weight excluding hydrogens is 378 g/mol. The van der Waals surface area contributed by atoms with E-state index in [0.717, 1.165) is 5.75 Å². The number of amides is 3. The lowest BCUT2D eigenvalue weighted by Gasteiger charge is -2.23. The van der Waals surface area contributed by atoms with Crippen LogP contribution in [-0.4, -0.2) is 42.2 Å². The van der Waals surface area contributed by atoms with Crippen LogP contribution >= 0.6 is 0 Å². The van der Waals surface area contributed by atoms with Crippen molar-refractivity contribution < 1.29 is 24.0 Å². The lowest BCUT2D eigenvalue weighted by Crippen LogP contribution is -2.62. The molecule has 3 amide bonds. The van der Waals surface area contributed by atoms with Crippen LogP contribution in [0.1, 0.15) is 5.56 Å². The van der Waals surface area contributed by atoms with Gasteiger partial charge < -0.3 is 14.8 Å². The number of urea groups is 1. The first-order valence-electron chi connectivity index (χ1n) is 8.87. The van der Waals surface area contributed by atoms with Crippen LogP contribution in [-0.2, 0) is 4.79 Å². The summed E-state index contributed by atoms with van der Waals surface area (Å²) in [6, 6.07) is 13.0. The Hall–Kier alpha value is -3.88. The molecule has 0 aliphatic carbocycles. The maximum Gasteiger partial charge on any atom is 0.322 e. The number of carbonyl (C=O) groups excluding carboxylic acids is 2. The van der Waals surface area contributed by atoms with Gasteiger partial charge in [-0.15, -0.1) is 0 Å². The Balaban J connectivity index is 1.57. The summed E-state index contributed by atoms with van der Waals surface area (Å²) in [4.78, 5) is 33.5. The highest BCUT2D eigenvalue weighted by molar-refractivity contribution is 6.00. The van der Waals surface area contributed by atoms with Crippen LogP contribution in [0.3, 0.4) is 0 Å². The Morgan fingerprint density at radius 1 is 1.00 bits per heavy atom. The highest BCUT2D eigenvalue weighted by atomic mass is 16.6. The molecule has 2 atom stereocenters. The number of hydrogen-bond acceptors (Lipinski definition) is 6. The van der Waals surface area contributed by atoms with Gasteiger partial charge >= 0.3 is 18.0 Å². The van der Waals surface area contributed by atoms with Crippen molar-refractivity contribution in [1.29, 1.82) is 0 Å². The van der Waals surface area contributed by atoms with E-state index in [9.17, 15) is 19.7 Å². The molecule has 1 heterocycles. The molecule has 3 rings (SSSR count). The number of nitro groups is 1. The van der Waals surface area contributed by atoms with E-state index >= 15 is 0 Å². The van der Waals surface area contributed by atoms with Crippen molar-refractivity contribution in [2.45, 2.75) is 12.1 Å². The number of nitrogens with zero attached hydrogens (tertiary/aromatic N) is 1. The largest absolute Gasteiger partial charge is 0.490 e. The molecule has 0 radical (unpaired) electrons. The van der Waals surface area contributed by atoms with Gasteiger partial charge in [0, 0.05) is 4.92 Å². The molecule has 2 unspecified atom stereocenters. The standard InChI is InChI=1S/C20H19N3O6/c24-19-18(23(26)27)17(21-20(25)22-19)10-9-14-5-4-8-16(13-14)29-12-11-28-15-6-2-1-3-7-15/h1-10,13,17-18H,11-12H2,(H2,21,22,24,25)/b10-9+. The average molecular weight is 397 g/mol. The second-order valence-electron chi connectivity index (χ2n) is 6.16. The first-order chi connectivity index (χ1) is 14.0. The van der Waals surface area contributed by atoms with Gasteiger partial charge in [-0.2, -0.15) is 0 Å². The summed E-state index contributed by atoms with van der Waals surface area (Å²) in [5, 5.41) is 15.4.